The Kier molecular flexibility index (Phi) is 6.05. The summed E-state index contributed by atoms with van der Waals surface area (Å²) in [4.78, 5) is 14.4. The molecule has 1 aromatic rings. The lowest BCUT2D eigenvalue weighted by Crippen LogP contribution is -2.38. The number of rotatable bonds is 5. The van der Waals surface area contributed by atoms with Crippen molar-refractivity contribution in [1.29, 1.82) is 0 Å². The van der Waals surface area contributed by atoms with E-state index in [1.54, 1.807) is 0 Å². The quantitative estimate of drug-likeness (QED) is 0.689. The van der Waals surface area contributed by atoms with E-state index in [1.807, 2.05) is 35.2 Å². The highest BCUT2D eigenvalue weighted by Crippen LogP contribution is 2.27. The largest absolute Gasteiger partial charge is 0.339 e. The van der Waals surface area contributed by atoms with Gasteiger partial charge in [0.2, 0.25) is 0 Å². The Hall–Kier alpha value is -1.31. The fourth-order valence-corrected chi connectivity index (χ4v) is 3.28. The maximum atomic E-state index is 12.4. The smallest absolute Gasteiger partial charge is 0.253 e. The molecule has 2 rings (SSSR count). The summed E-state index contributed by atoms with van der Waals surface area (Å²) in [5, 5.41) is 0. The molecule has 2 heteroatoms. The van der Waals surface area contributed by atoms with Crippen molar-refractivity contribution in [3.8, 4) is 0 Å². The average Bonchev–Trinajstić information content (AvgIpc) is 2.51. The molecule has 22 heavy (non-hydrogen) atoms. The third-order valence-corrected chi connectivity index (χ3v) is 4.71. The van der Waals surface area contributed by atoms with Crippen LogP contribution in [0.3, 0.4) is 0 Å². The minimum Gasteiger partial charge on any atom is -0.339 e. The molecule has 0 radical (unpaired) electrons. The molecule has 1 aliphatic rings. The average molecular weight is 301 g/mol. The van der Waals surface area contributed by atoms with E-state index in [2.05, 4.69) is 20.8 Å². The van der Waals surface area contributed by atoms with Gasteiger partial charge in [0.1, 0.15) is 0 Å². The van der Waals surface area contributed by atoms with Crippen LogP contribution in [0.15, 0.2) is 30.3 Å². The van der Waals surface area contributed by atoms with E-state index in [1.165, 1.54) is 38.5 Å². The number of unbranched alkanes of at least 4 members (excludes halogenated alkanes) is 1. The maximum Gasteiger partial charge on any atom is 0.253 e. The lowest BCUT2D eigenvalue weighted by molar-refractivity contribution is 0.0685. The highest BCUT2D eigenvalue weighted by molar-refractivity contribution is 5.94. The van der Waals surface area contributed by atoms with Crippen molar-refractivity contribution >= 4 is 5.91 Å². The molecule has 2 nitrogen and oxygen atoms in total. The predicted octanol–water partition coefficient (Wildman–Crippen LogP) is 5.15. The number of benzene rings is 1. The van der Waals surface area contributed by atoms with Gasteiger partial charge in [-0.1, -0.05) is 58.2 Å². The number of piperidine rings is 1. The number of likely N-dealkylation sites (tertiary alicyclic amines) is 1. The van der Waals surface area contributed by atoms with Gasteiger partial charge in [0.25, 0.3) is 5.91 Å². The Morgan fingerprint density at radius 3 is 2.32 bits per heavy atom. The second-order valence-electron chi connectivity index (χ2n) is 7.91. The summed E-state index contributed by atoms with van der Waals surface area (Å²) < 4.78 is 0. The van der Waals surface area contributed by atoms with Crippen LogP contribution in [0.5, 0.6) is 0 Å². The lowest BCUT2D eigenvalue weighted by Gasteiger charge is -2.32. The van der Waals surface area contributed by atoms with Crippen LogP contribution in [0.4, 0.5) is 0 Å². The number of hydrogen-bond donors (Lipinski definition) is 0. The first-order valence-corrected chi connectivity index (χ1v) is 8.80. The van der Waals surface area contributed by atoms with E-state index < -0.39 is 0 Å². The number of carbonyl (C=O) groups is 1. The molecule has 0 aromatic heterocycles. The van der Waals surface area contributed by atoms with Crippen LogP contribution in [0.2, 0.25) is 0 Å². The Morgan fingerprint density at radius 2 is 1.73 bits per heavy atom. The zero-order valence-corrected chi connectivity index (χ0v) is 14.5. The van der Waals surface area contributed by atoms with E-state index in [0.717, 1.165) is 24.6 Å². The van der Waals surface area contributed by atoms with Gasteiger partial charge in [-0.25, -0.2) is 0 Å². The first-order chi connectivity index (χ1) is 10.5. The van der Waals surface area contributed by atoms with Crippen molar-refractivity contribution in [2.75, 3.05) is 13.1 Å². The highest BCUT2D eigenvalue weighted by Gasteiger charge is 2.23. The van der Waals surface area contributed by atoms with Crippen molar-refractivity contribution in [3.63, 3.8) is 0 Å². The van der Waals surface area contributed by atoms with Gasteiger partial charge in [-0.15, -0.1) is 0 Å². The number of carbonyl (C=O) groups excluding carboxylic acids is 1. The monoisotopic (exact) mass is 301 g/mol. The molecule has 0 atom stereocenters. The molecule has 1 aromatic carbocycles. The number of hydrogen-bond acceptors (Lipinski definition) is 1. The molecule has 1 aliphatic heterocycles. The Labute approximate surface area is 135 Å². The van der Waals surface area contributed by atoms with E-state index in [0.29, 0.717) is 5.41 Å². The zero-order chi connectivity index (χ0) is 16.0. The molecule has 0 saturated carbocycles. The molecule has 1 saturated heterocycles. The van der Waals surface area contributed by atoms with Crippen molar-refractivity contribution in [2.45, 2.75) is 59.3 Å². The Morgan fingerprint density at radius 1 is 1.09 bits per heavy atom. The molecule has 1 fully saturated rings. The summed E-state index contributed by atoms with van der Waals surface area (Å²) in [5.74, 6) is 1.02. The van der Waals surface area contributed by atoms with Crippen LogP contribution in [0.1, 0.15) is 69.7 Å². The summed E-state index contributed by atoms with van der Waals surface area (Å²) in [5.41, 5.74) is 1.29. The maximum absolute atomic E-state index is 12.4. The van der Waals surface area contributed by atoms with Crippen molar-refractivity contribution in [2.24, 2.45) is 11.3 Å². The topological polar surface area (TPSA) is 20.3 Å². The molecule has 0 spiro atoms. The van der Waals surface area contributed by atoms with Gasteiger partial charge < -0.3 is 4.90 Å². The summed E-state index contributed by atoms with van der Waals surface area (Å²) >= 11 is 0. The normalized spacial score (nSPS) is 16.8. The summed E-state index contributed by atoms with van der Waals surface area (Å²) in [6.45, 7) is 8.82. The second kappa shape index (κ2) is 7.80. The van der Waals surface area contributed by atoms with Gasteiger partial charge in [-0.05, 0) is 42.7 Å². The van der Waals surface area contributed by atoms with Gasteiger partial charge >= 0.3 is 0 Å². The molecular weight excluding hydrogens is 270 g/mol. The van der Waals surface area contributed by atoms with Gasteiger partial charge in [0, 0.05) is 18.7 Å². The predicted molar refractivity (Wildman–Crippen MR) is 93.0 cm³/mol. The molecular formula is C20H31NO. The molecule has 1 amide bonds. The first-order valence-electron chi connectivity index (χ1n) is 8.80. The van der Waals surface area contributed by atoms with Crippen LogP contribution < -0.4 is 0 Å². The number of amides is 1. The van der Waals surface area contributed by atoms with E-state index in [-0.39, 0.29) is 5.91 Å². The zero-order valence-electron chi connectivity index (χ0n) is 14.5. The van der Waals surface area contributed by atoms with E-state index >= 15 is 0 Å². The second-order valence-corrected chi connectivity index (χ2v) is 7.91. The van der Waals surface area contributed by atoms with Crippen LogP contribution >= 0.6 is 0 Å². The first kappa shape index (κ1) is 17.1. The van der Waals surface area contributed by atoms with Gasteiger partial charge in [0.05, 0.1) is 0 Å². The molecule has 0 aliphatic carbocycles. The fourth-order valence-electron chi connectivity index (χ4n) is 3.28. The van der Waals surface area contributed by atoms with Crippen molar-refractivity contribution in [3.05, 3.63) is 35.9 Å². The third kappa shape index (κ3) is 5.47. The van der Waals surface area contributed by atoms with Gasteiger partial charge in [-0.2, -0.15) is 0 Å². The molecule has 0 unspecified atom stereocenters. The molecule has 122 valence electrons. The Bertz CT molecular complexity index is 452. The molecule has 1 heterocycles. The van der Waals surface area contributed by atoms with Crippen molar-refractivity contribution in [1.82, 2.24) is 4.90 Å². The molecule has 0 N–H and O–H groups in total. The van der Waals surface area contributed by atoms with Crippen LogP contribution in [-0.4, -0.2) is 23.9 Å². The highest BCUT2D eigenvalue weighted by atomic mass is 16.2. The molecule has 0 bridgehead atoms. The van der Waals surface area contributed by atoms with Gasteiger partial charge in [-0.3, -0.25) is 4.79 Å². The van der Waals surface area contributed by atoms with Crippen LogP contribution in [-0.2, 0) is 0 Å². The Balaban J connectivity index is 1.69. The number of nitrogens with zero attached hydrogens (tertiary/aromatic N) is 1. The third-order valence-electron chi connectivity index (χ3n) is 4.71. The minimum atomic E-state index is 0.201. The van der Waals surface area contributed by atoms with Crippen molar-refractivity contribution < 1.29 is 4.79 Å². The van der Waals surface area contributed by atoms with Crippen LogP contribution in [0, 0.1) is 11.3 Å². The van der Waals surface area contributed by atoms with Gasteiger partial charge in [0.15, 0.2) is 0 Å². The standard InChI is InChI=1S/C20H31NO/c1-20(2,3)14-8-7-9-17-12-15-21(16-13-17)19(22)18-10-5-4-6-11-18/h4-6,10-11,17H,7-9,12-16H2,1-3H3. The fraction of sp³-hybridized carbons (Fsp3) is 0.650. The minimum absolute atomic E-state index is 0.201. The SMILES string of the molecule is CC(C)(C)CCCCC1CCN(C(=O)c2ccccc2)CC1. The van der Waals surface area contributed by atoms with Crippen LogP contribution in [0.25, 0.3) is 0 Å². The van der Waals surface area contributed by atoms with E-state index in [4.69, 9.17) is 0 Å². The summed E-state index contributed by atoms with van der Waals surface area (Å²) in [7, 11) is 0. The summed E-state index contributed by atoms with van der Waals surface area (Å²) in [6.07, 6.45) is 7.69. The lowest BCUT2D eigenvalue weighted by atomic mass is 9.86. The summed E-state index contributed by atoms with van der Waals surface area (Å²) in [6, 6.07) is 9.67. The van der Waals surface area contributed by atoms with E-state index in [9.17, 15) is 4.79 Å².